The molecule has 2 rings (SSSR count). The van der Waals surface area contributed by atoms with E-state index < -0.39 is 15.2 Å². The number of aryl methyl sites for hydroxylation is 1. The van der Waals surface area contributed by atoms with Crippen molar-refractivity contribution in [1.29, 1.82) is 0 Å². The smallest absolute Gasteiger partial charge is 0.164 e. The summed E-state index contributed by atoms with van der Waals surface area (Å²) in [5.74, 6) is 1.60. The first-order valence-corrected chi connectivity index (χ1v) is 9.81. The number of hydrogen-bond donors (Lipinski definition) is 1. The molecule has 0 saturated carbocycles. The van der Waals surface area contributed by atoms with Gasteiger partial charge in [0.15, 0.2) is 9.84 Å². The van der Waals surface area contributed by atoms with E-state index in [0.717, 1.165) is 17.9 Å². The third-order valence-corrected chi connectivity index (χ3v) is 6.31. The molecule has 2 N–H and O–H groups in total. The van der Waals surface area contributed by atoms with Gasteiger partial charge in [-0.15, -0.1) is 0 Å². The van der Waals surface area contributed by atoms with Crippen LogP contribution in [0.2, 0.25) is 0 Å². The maximum Gasteiger partial charge on any atom is 0.164 e. The minimum Gasteiger partial charge on any atom is -0.323 e. The van der Waals surface area contributed by atoms with Crippen molar-refractivity contribution in [3.8, 4) is 0 Å². The van der Waals surface area contributed by atoms with Crippen LogP contribution in [0.5, 0.6) is 0 Å². The van der Waals surface area contributed by atoms with Crippen LogP contribution >= 0.6 is 11.8 Å². The molecule has 2 atom stereocenters. The predicted octanol–water partition coefficient (Wildman–Crippen LogP) is 1.41. The first-order chi connectivity index (χ1) is 9.38. The second kappa shape index (κ2) is 6.47. The SMILES string of the molecule is Cc1ccc(C(N)CN2CCSCC2S(C)(=O)=O)cc1. The lowest BCUT2D eigenvalue weighted by atomic mass is 10.1. The molecule has 0 radical (unpaired) electrons. The molecule has 1 heterocycles. The van der Waals surface area contributed by atoms with E-state index >= 15 is 0 Å². The van der Waals surface area contributed by atoms with Crippen LogP contribution in [0.1, 0.15) is 17.2 Å². The zero-order valence-electron chi connectivity index (χ0n) is 12.0. The Kier molecular flexibility index (Phi) is 5.12. The molecule has 1 fully saturated rings. The van der Waals surface area contributed by atoms with Crippen molar-refractivity contribution in [3.63, 3.8) is 0 Å². The van der Waals surface area contributed by atoms with Gasteiger partial charge >= 0.3 is 0 Å². The van der Waals surface area contributed by atoms with Crippen LogP contribution in [-0.4, -0.2) is 49.5 Å². The largest absolute Gasteiger partial charge is 0.323 e. The Bertz CT molecular complexity index is 543. The number of nitrogens with zero attached hydrogens (tertiary/aromatic N) is 1. The average Bonchev–Trinajstić information content (AvgIpc) is 2.38. The van der Waals surface area contributed by atoms with Gasteiger partial charge in [-0.2, -0.15) is 11.8 Å². The summed E-state index contributed by atoms with van der Waals surface area (Å²) >= 11 is 1.70. The Labute approximate surface area is 125 Å². The minimum absolute atomic E-state index is 0.150. The summed E-state index contributed by atoms with van der Waals surface area (Å²) in [4.78, 5) is 2.01. The van der Waals surface area contributed by atoms with E-state index in [2.05, 4.69) is 0 Å². The molecule has 1 aliphatic rings. The van der Waals surface area contributed by atoms with Crippen molar-refractivity contribution < 1.29 is 8.42 Å². The fraction of sp³-hybridized carbons (Fsp3) is 0.571. The molecule has 4 nitrogen and oxygen atoms in total. The van der Waals surface area contributed by atoms with Crippen LogP contribution < -0.4 is 5.73 Å². The molecule has 1 aliphatic heterocycles. The van der Waals surface area contributed by atoms with Gasteiger partial charge in [-0.25, -0.2) is 8.42 Å². The average molecular weight is 314 g/mol. The Morgan fingerprint density at radius 1 is 1.40 bits per heavy atom. The van der Waals surface area contributed by atoms with E-state index in [0.29, 0.717) is 12.3 Å². The highest BCUT2D eigenvalue weighted by Gasteiger charge is 2.31. The van der Waals surface area contributed by atoms with Crippen LogP contribution in [0.4, 0.5) is 0 Å². The predicted molar refractivity (Wildman–Crippen MR) is 85.6 cm³/mol. The summed E-state index contributed by atoms with van der Waals surface area (Å²) in [7, 11) is -3.06. The molecule has 6 heteroatoms. The van der Waals surface area contributed by atoms with Crippen LogP contribution in [0.3, 0.4) is 0 Å². The summed E-state index contributed by atoms with van der Waals surface area (Å²) in [6.07, 6.45) is 1.31. The van der Waals surface area contributed by atoms with Crippen molar-refractivity contribution in [2.75, 3.05) is 30.9 Å². The van der Waals surface area contributed by atoms with Gasteiger partial charge < -0.3 is 5.73 Å². The summed E-state index contributed by atoms with van der Waals surface area (Å²) < 4.78 is 23.7. The van der Waals surface area contributed by atoms with Crippen molar-refractivity contribution in [1.82, 2.24) is 4.90 Å². The number of nitrogens with two attached hydrogens (primary N) is 1. The van der Waals surface area contributed by atoms with Gasteiger partial charge in [-0.3, -0.25) is 4.90 Å². The first-order valence-electron chi connectivity index (χ1n) is 6.71. The molecule has 0 bridgehead atoms. The highest BCUT2D eigenvalue weighted by Crippen LogP contribution is 2.23. The van der Waals surface area contributed by atoms with Gasteiger partial charge in [0.25, 0.3) is 0 Å². The van der Waals surface area contributed by atoms with Crippen LogP contribution in [-0.2, 0) is 9.84 Å². The number of thioether (sulfide) groups is 1. The highest BCUT2D eigenvalue weighted by molar-refractivity contribution is 8.00. The Morgan fingerprint density at radius 3 is 2.65 bits per heavy atom. The fourth-order valence-electron chi connectivity index (χ4n) is 2.39. The van der Waals surface area contributed by atoms with Crippen molar-refractivity contribution in [2.45, 2.75) is 18.3 Å². The first kappa shape index (κ1) is 15.8. The van der Waals surface area contributed by atoms with Crippen LogP contribution in [0.25, 0.3) is 0 Å². The van der Waals surface area contributed by atoms with Gasteiger partial charge in [-0.05, 0) is 12.5 Å². The second-order valence-electron chi connectivity index (χ2n) is 5.37. The third-order valence-electron chi connectivity index (χ3n) is 3.62. The number of rotatable bonds is 4. The Hall–Kier alpha value is -0.560. The maximum absolute atomic E-state index is 11.9. The maximum atomic E-state index is 11.9. The van der Waals surface area contributed by atoms with E-state index in [1.165, 1.54) is 11.8 Å². The number of sulfone groups is 1. The van der Waals surface area contributed by atoms with Crippen molar-refractivity contribution >= 4 is 21.6 Å². The molecule has 1 aromatic rings. The van der Waals surface area contributed by atoms with Crippen LogP contribution in [0.15, 0.2) is 24.3 Å². The fourth-order valence-corrected chi connectivity index (χ4v) is 5.34. The van der Waals surface area contributed by atoms with Gasteiger partial charge in [0.05, 0.1) is 0 Å². The lowest BCUT2D eigenvalue weighted by molar-refractivity contribution is 0.254. The standard InChI is InChI=1S/C14H22N2O2S2/c1-11-3-5-12(6-4-11)13(15)9-16-7-8-19-10-14(16)20(2,17)18/h3-6,13-14H,7-10,15H2,1-2H3. The molecule has 0 amide bonds. The van der Waals surface area contributed by atoms with Gasteiger partial charge in [-0.1, -0.05) is 29.8 Å². The molecule has 1 saturated heterocycles. The Morgan fingerprint density at radius 2 is 2.05 bits per heavy atom. The zero-order chi connectivity index (χ0) is 14.8. The molecule has 20 heavy (non-hydrogen) atoms. The summed E-state index contributed by atoms with van der Waals surface area (Å²) in [6, 6.07) is 7.97. The number of benzene rings is 1. The van der Waals surface area contributed by atoms with Crippen LogP contribution in [0, 0.1) is 6.92 Å². The summed E-state index contributed by atoms with van der Waals surface area (Å²) in [5.41, 5.74) is 8.49. The molecule has 1 aromatic carbocycles. The van der Waals surface area contributed by atoms with E-state index in [-0.39, 0.29) is 6.04 Å². The molecule has 112 valence electrons. The lowest BCUT2D eigenvalue weighted by Gasteiger charge is -2.35. The molecular weight excluding hydrogens is 292 g/mol. The van der Waals surface area contributed by atoms with Crippen molar-refractivity contribution in [2.24, 2.45) is 5.73 Å². The van der Waals surface area contributed by atoms with E-state index in [9.17, 15) is 8.42 Å². The van der Waals surface area contributed by atoms with Gasteiger partial charge in [0.2, 0.25) is 0 Å². The van der Waals surface area contributed by atoms with Gasteiger partial charge in [0, 0.05) is 36.9 Å². The normalized spacial score (nSPS) is 22.6. The molecule has 0 spiro atoms. The van der Waals surface area contributed by atoms with E-state index in [1.807, 2.05) is 36.1 Å². The molecule has 2 unspecified atom stereocenters. The van der Waals surface area contributed by atoms with Crippen molar-refractivity contribution in [3.05, 3.63) is 35.4 Å². The zero-order valence-corrected chi connectivity index (χ0v) is 13.6. The molecule has 0 aromatic heterocycles. The number of hydrogen-bond acceptors (Lipinski definition) is 5. The monoisotopic (exact) mass is 314 g/mol. The quantitative estimate of drug-likeness (QED) is 0.910. The van der Waals surface area contributed by atoms with Gasteiger partial charge in [0.1, 0.15) is 5.37 Å². The minimum atomic E-state index is -3.06. The Balaban J connectivity index is 2.08. The topological polar surface area (TPSA) is 63.4 Å². The second-order valence-corrected chi connectivity index (χ2v) is 8.72. The highest BCUT2D eigenvalue weighted by atomic mass is 32.2. The summed E-state index contributed by atoms with van der Waals surface area (Å²) in [6.45, 7) is 3.40. The van der Waals surface area contributed by atoms with E-state index in [4.69, 9.17) is 5.73 Å². The third kappa shape index (κ3) is 3.97. The lowest BCUT2D eigenvalue weighted by Crippen LogP contribution is -2.49. The summed E-state index contributed by atoms with van der Waals surface area (Å²) in [5, 5.41) is -0.405. The molecule has 0 aliphatic carbocycles. The molecular formula is C14H22N2O2S2. The van der Waals surface area contributed by atoms with E-state index in [1.54, 1.807) is 11.8 Å².